The molecule has 0 saturated heterocycles. The molecule has 3 rings (SSSR count). The number of esters is 1. The van der Waals surface area contributed by atoms with Gasteiger partial charge in [-0.3, -0.25) is 0 Å². The third-order valence-electron chi connectivity index (χ3n) is 3.47. The summed E-state index contributed by atoms with van der Waals surface area (Å²) in [5, 5.41) is 0.958. The van der Waals surface area contributed by atoms with Crippen molar-refractivity contribution in [2.75, 3.05) is 7.11 Å². The van der Waals surface area contributed by atoms with E-state index in [0.29, 0.717) is 5.56 Å². The lowest BCUT2D eigenvalue weighted by Gasteiger charge is -2.07. The molecule has 0 aliphatic carbocycles. The molecule has 0 fully saturated rings. The fourth-order valence-corrected chi connectivity index (χ4v) is 2.34. The number of terminal acetylenes is 1. The lowest BCUT2D eigenvalue weighted by atomic mass is 10.0. The SMILES string of the molecule is C#Cc1cc(-c2ccc(C(=O)OC)cc2)nc2ccccc12. The monoisotopic (exact) mass is 287 g/mol. The summed E-state index contributed by atoms with van der Waals surface area (Å²) in [6.45, 7) is 0. The number of methoxy groups -OCH3 is 1. The Labute approximate surface area is 128 Å². The number of pyridine rings is 1. The molecule has 2 aromatic carbocycles. The zero-order chi connectivity index (χ0) is 15.5. The van der Waals surface area contributed by atoms with E-state index in [1.54, 1.807) is 12.1 Å². The van der Waals surface area contributed by atoms with E-state index in [2.05, 4.69) is 10.9 Å². The van der Waals surface area contributed by atoms with Gasteiger partial charge in [-0.15, -0.1) is 6.42 Å². The first kappa shape index (κ1) is 13.8. The van der Waals surface area contributed by atoms with Gasteiger partial charge in [-0.25, -0.2) is 9.78 Å². The summed E-state index contributed by atoms with van der Waals surface area (Å²) in [5.74, 6) is 2.35. The lowest BCUT2D eigenvalue weighted by Crippen LogP contribution is -2.00. The fourth-order valence-electron chi connectivity index (χ4n) is 2.34. The molecule has 1 heterocycles. The van der Waals surface area contributed by atoms with Crippen LogP contribution in [0.2, 0.25) is 0 Å². The summed E-state index contributed by atoms with van der Waals surface area (Å²) < 4.78 is 4.69. The van der Waals surface area contributed by atoms with Crippen LogP contribution in [0.4, 0.5) is 0 Å². The maximum atomic E-state index is 11.5. The highest BCUT2D eigenvalue weighted by Gasteiger charge is 2.08. The van der Waals surface area contributed by atoms with Gasteiger partial charge in [-0.05, 0) is 24.3 Å². The van der Waals surface area contributed by atoms with Crippen LogP contribution in [0.15, 0.2) is 54.6 Å². The molecule has 0 radical (unpaired) electrons. The van der Waals surface area contributed by atoms with Crippen molar-refractivity contribution in [3.8, 4) is 23.6 Å². The van der Waals surface area contributed by atoms with Crippen LogP contribution in [-0.4, -0.2) is 18.1 Å². The van der Waals surface area contributed by atoms with Crippen molar-refractivity contribution >= 4 is 16.9 Å². The highest BCUT2D eigenvalue weighted by molar-refractivity contribution is 5.90. The Kier molecular flexibility index (Phi) is 3.59. The summed E-state index contributed by atoms with van der Waals surface area (Å²) in [7, 11) is 1.36. The van der Waals surface area contributed by atoms with Crippen molar-refractivity contribution in [1.82, 2.24) is 4.98 Å². The maximum Gasteiger partial charge on any atom is 0.337 e. The third-order valence-corrected chi connectivity index (χ3v) is 3.47. The van der Waals surface area contributed by atoms with E-state index in [0.717, 1.165) is 27.7 Å². The Hall–Kier alpha value is -3.12. The normalized spacial score (nSPS) is 10.2. The zero-order valence-corrected chi connectivity index (χ0v) is 12.0. The number of hydrogen-bond acceptors (Lipinski definition) is 3. The first-order valence-electron chi connectivity index (χ1n) is 6.78. The lowest BCUT2D eigenvalue weighted by molar-refractivity contribution is 0.0601. The van der Waals surface area contributed by atoms with E-state index in [4.69, 9.17) is 11.2 Å². The standard InChI is InChI=1S/C19H13NO2/c1-3-13-12-18(20-17-7-5-4-6-16(13)17)14-8-10-15(11-9-14)19(21)22-2/h1,4-12H,2H3. The second-order valence-electron chi connectivity index (χ2n) is 4.79. The molecule has 0 bridgehead atoms. The summed E-state index contributed by atoms with van der Waals surface area (Å²) >= 11 is 0. The minimum atomic E-state index is -0.359. The Morgan fingerprint density at radius 2 is 1.86 bits per heavy atom. The summed E-state index contributed by atoms with van der Waals surface area (Å²) in [4.78, 5) is 16.1. The molecule has 0 atom stereocenters. The Balaban J connectivity index is 2.10. The van der Waals surface area contributed by atoms with Crippen LogP contribution in [0, 0.1) is 12.3 Å². The number of nitrogens with zero attached hydrogens (tertiary/aromatic N) is 1. The Morgan fingerprint density at radius 1 is 1.14 bits per heavy atom. The van der Waals surface area contributed by atoms with Gasteiger partial charge in [0.2, 0.25) is 0 Å². The van der Waals surface area contributed by atoms with Crippen molar-refractivity contribution in [3.63, 3.8) is 0 Å². The van der Waals surface area contributed by atoms with Gasteiger partial charge in [0, 0.05) is 16.5 Å². The van der Waals surface area contributed by atoms with E-state index in [-0.39, 0.29) is 5.97 Å². The minimum absolute atomic E-state index is 0.359. The number of carbonyl (C=O) groups is 1. The van der Waals surface area contributed by atoms with Crippen LogP contribution >= 0.6 is 0 Å². The van der Waals surface area contributed by atoms with Crippen LogP contribution in [-0.2, 0) is 4.74 Å². The third kappa shape index (κ3) is 2.43. The van der Waals surface area contributed by atoms with Gasteiger partial charge in [-0.1, -0.05) is 36.3 Å². The quantitative estimate of drug-likeness (QED) is 0.533. The Bertz CT molecular complexity index is 889. The number of hydrogen-bond donors (Lipinski definition) is 0. The number of ether oxygens (including phenoxy) is 1. The molecule has 0 spiro atoms. The van der Waals surface area contributed by atoms with E-state index in [9.17, 15) is 4.79 Å². The summed E-state index contributed by atoms with van der Waals surface area (Å²) in [6, 6.07) is 16.8. The molecule has 3 aromatic rings. The second-order valence-corrected chi connectivity index (χ2v) is 4.79. The fraction of sp³-hybridized carbons (Fsp3) is 0.0526. The molecular formula is C19H13NO2. The van der Waals surface area contributed by atoms with Crippen molar-refractivity contribution in [1.29, 1.82) is 0 Å². The van der Waals surface area contributed by atoms with Gasteiger partial charge in [0.25, 0.3) is 0 Å². The molecule has 0 aliphatic rings. The van der Waals surface area contributed by atoms with Crippen molar-refractivity contribution in [2.45, 2.75) is 0 Å². The molecule has 0 N–H and O–H groups in total. The van der Waals surface area contributed by atoms with Crippen LogP contribution in [0.5, 0.6) is 0 Å². The second kappa shape index (κ2) is 5.71. The Morgan fingerprint density at radius 3 is 2.55 bits per heavy atom. The van der Waals surface area contributed by atoms with Gasteiger partial charge in [0.15, 0.2) is 0 Å². The minimum Gasteiger partial charge on any atom is -0.465 e. The molecule has 1 aromatic heterocycles. The number of para-hydroxylation sites is 1. The molecule has 0 aliphatic heterocycles. The number of aromatic nitrogens is 1. The topological polar surface area (TPSA) is 39.2 Å². The van der Waals surface area contributed by atoms with Crippen LogP contribution in [0.25, 0.3) is 22.2 Å². The predicted molar refractivity (Wildman–Crippen MR) is 86.5 cm³/mol. The van der Waals surface area contributed by atoms with Gasteiger partial charge in [-0.2, -0.15) is 0 Å². The zero-order valence-electron chi connectivity index (χ0n) is 12.0. The molecule has 22 heavy (non-hydrogen) atoms. The highest BCUT2D eigenvalue weighted by Crippen LogP contribution is 2.24. The molecule has 106 valence electrons. The number of fused-ring (bicyclic) bond motifs is 1. The molecule has 0 saturated carbocycles. The predicted octanol–water partition coefficient (Wildman–Crippen LogP) is 3.67. The number of carbonyl (C=O) groups excluding carboxylic acids is 1. The van der Waals surface area contributed by atoms with E-state index in [1.165, 1.54) is 7.11 Å². The molecule has 0 unspecified atom stereocenters. The van der Waals surface area contributed by atoms with E-state index in [1.807, 2.05) is 42.5 Å². The smallest absolute Gasteiger partial charge is 0.337 e. The first-order chi connectivity index (χ1) is 10.7. The molecular weight excluding hydrogens is 274 g/mol. The van der Waals surface area contributed by atoms with Crippen molar-refractivity contribution in [2.24, 2.45) is 0 Å². The average molecular weight is 287 g/mol. The van der Waals surface area contributed by atoms with Crippen molar-refractivity contribution < 1.29 is 9.53 Å². The molecule has 3 nitrogen and oxygen atoms in total. The van der Waals surface area contributed by atoms with E-state index >= 15 is 0 Å². The first-order valence-corrected chi connectivity index (χ1v) is 6.78. The van der Waals surface area contributed by atoms with E-state index < -0.39 is 0 Å². The summed E-state index contributed by atoms with van der Waals surface area (Å²) in [6.07, 6.45) is 5.61. The van der Waals surface area contributed by atoms with Gasteiger partial charge in [0.1, 0.15) is 0 Å². The largest absolute Gasteiger partial charge is 0.465 e. The molecule has 3 heteroatoms. The number of rotatable bonds is 2. The van der Waals surface area contributed by atoms with Crippen LogP contribution in [0.3, 0.4) is 0 Å². The van der Waals surface area contributed by atoms with Gasteiger partial charge >= 0.3 is 5.97 Å². The average Bonchev–Trinajstić information content (AvgIpc) is 2.60. The van der Waals surface area contributed by atoms with Crippen molar-refractivity contribution in [3.05, 3.63) is 65.7 Å². The van der Waals surface area contributed by atoms with Crippen LogP contribution in [0.1, 0.15) is 15.9 Å². The summed E-state index contributed by atoms with van der Waals surface area (Å²) in [5.41, 5.74) is 3.84. The van der Waals surface area contributed by atoms with Gasteiger partial charge < -0.3 is 4.74 Å². The van der Waals surface area contributed by atoms with Gasteiger partial charge in [0.05, 0.1) is 23.9 Å². The maximum absolute atomic E-state index is 11.5. The number of benzene rings is 2. The van der Waals surface area contributed by atoms with Crippen LogP contribution < -0.4 is 0 Å². The highest BCUT2D eigenvalue weighted by atomic mass is 16.5. The molecule has 0 amide bonds.